The van der Waals surface area contributed by atoms with E-state index in [1.165, 1.54) is 12.1 Å². The zero-order valence-corrected chi connectivity index (χ0v) is 8.07. The van der Waals surface area contributed by atoms with Gasteiger partial charge in [0.2, 0.25) is 5.90 Å². The van der Waals surface area contributed by atoms with Crippen molar-refractivity contribution in [3.63, 3.8) is 0 Å². The van der Waals surface area contributed by atoms with Crippen LogP contribution < -0.4 is 0 Å². The molecule has 0 radical (unpaired) electrons. The van der Waals surface area contributed by atoms with E-state index in [9.17, 15) is 4.79 Å². The molecule has 0 aliphatic carbocycles. The van der Waals surface area contributed by atoms with Crippen molar-refractivity contribution >= 4 is 23.8 Å². The molecule has 0 amide bonds. The highest BCUT2D eigenvalue weighted by Crippen LogP contribution is 2.04. The topological polar surface area (TPSA) is 73.9 Å². The lowest BCUT2D eigenvalue weighted by Crippen LogP contribution is -2.08. The van der Waals surface area contributed by atoms with Crippen LogP contribution in [0.1, 0.15) is 11.1 Å². The number of rotatable bonds is 1. The Balaban J connectivity index is 2.83. The van der Waals surface area contributed by atoms with Gasteiger partial charge in [0.15, 0.2) is 0 Å². The summed E-state index contributed by atoms with van der Waals surface area (Å²) >= 11 is 2.59. The van der Waals surface area contributed by atoms with Gasteiger partial charge in [-0.2, -0.15) is 10.1 Å². The molecule has 0 aromatic heterocycles. The lowest BCUT2D eigenvalue weighted by atomic mass is 10.1. The maximum atomic E-state index is 10.4. The first-order chi connectivity index (χ1) is 6.63. The van der Waals surface area contributed by atoms with Crippen LogP contribution >= 0.6 is 0 Å². The molecule has 0 spiro atoms. The van der Waals surface area contributed by atoms with E-state index in [4.69, 9.17) is 10.7 Å². The largest absolute Gasteiger partial charge is 0.527 e. The van der Waals surface area contributed by atoms with Crippen molar-refractivity contribution in [2.75, 3.05) is 0 Å². The fourth-order valence-corrected chi connectivity index (χ4v) is 0.950. The molecule has 4 nitrogen and oxygen atoms in total. The van der Waals surface area contributed by atoms with Gasteiger partial charge in [-0.15, -0.1) is 0 Å². The summed E-state index contributed by atoms with van der Waals surface area (Å²) in [6, 6.07) is 8.12. The molecule has 0 atom stereocenters. The van der Waals surface area contributed by atoms with Crippen LogP contribution in [0.15, 0.2) is 24.3 Å². The van der Waals surface area contributed by atoms with Crippen molar-refractivity contribution in [3.8, 4) is 6.07 Å². The zero-order valence-electron chi connectivity index (χ0n) is 7.07. The second kappa shape index (κ2) is 4.44. The van der Waals surface area contributed by atoms with Crippen molar-refractivity contribution in [1.82, 2.24) is 0 Å². The number of hydrogen-bond donors (Lipinski definition) is 1. The number of nitrogens with zero attached hydrogens (tertiary/aromatic N) is 1. The standard InChI is InChI=1S/C9H6N2O2S/c10-5-6-1-3-7(4-2-6)8(11)13-9(12)14/h1-4,11H,(H,12,14)/p+1. The molecular formula is C9H7N2O2S+. The van der Waals surface area contributed by atoms with Gasteiger partial charge in [-0.1, -0.05) is 0 Å². The average Bonchev–Trinajstić information content (AvgIpc) is 2.17. The summed E-state index contributed by atoms with van der Waals surface area (Å²) < 4.78 is 4.48. The number of ether oxygens (including phenoxy) is 1. The quantitative estimate of drug-likeness (QED) is 0.323. The molecule has 14 heavy (non-hydrogen) atoms. The van der Waals surface area contributed by atoms with Crippen LogP contribution in [0.3, 0.4) is 0 Å². The van der Waals surface area contributed by atoms with E-state index in [0.717, 1.165) is 0 Å². The summed E-state index contributed by atoms with van der Waals surface area (Å²) in [6.45, 7) is 0. The van der Waals surface area contributed by atoms with Crippen molar-refractivity contribution < 1.29 is 9.53 Å². The maximum Gasteiger partial charge on any atom is 0.527 e. The van der Waals surface area contributed by atoms with Gasteiger partial charge >= 0.3 is 5.30 Å². The smallest absolute Gasteiger partial charge is 0.367 e. The van der Waals surface area contributed by atoms with E-state index < -0.39 is 5.30 Å². The van der Waals surface area contributed by atoms with Gasteiger partial charge in [-0.05, 0) is 24.3 Å². The number of nitrogens with one attached hydrogen (secondary N) is 1. The first-order valence-electron chi connectivity index (χ1n) is 3.66. The van der Waals surface area contributed by atoms with Crippen molar-refractivity contribution in [2.45, 2.75) is 0 Å². The molecule has 1 aromatic rings. The fourth-order valence-electron chi connectivity index (χ4n) is 0.848. The molecule has 1 aromatic carbocycles. The Morgan fingerprint density at radius 1 is 1.43 bits per heavy atom. The van der Waals surface area contributed by atoms with E-state index in [2.05, 4.69) is 17.4 Å². The number of nitriles is 1. The predicted octanol–water partition coefficient (Wildman–Crippen LogP) is 1.03. The number of benzene rings is 1. The van der Waals surface area contributed by atoms with Crippen LogP contribution in [-0.2, 0) is 17.4 Å². The highest BCUT2D eigenvalue weighted by Gasteiger charge is 2.09. The van der Waals surface area contributed by atoms with Crippen LogP contribution in [-0.4, -0.2) is 11.2 Å². The number of carbonyl (C=O) groups excluding carboxylic acids is 1. The maximum absolute atomic E-state index is 10.4. The predicted molar refractivity (Wildman–Crippen MR) is 54.6 cm³/mol. The summed E-state index contributed by atoms with van der Waals surface area (Å²) in [6.07, 6.45) is 0. The summed E-state index contributed by atoms with van der Waals surface area (Å²) in [5.74, 6) is -0.255. The first kappa shape index (κ1) is 10.3. The highest BCUT2D eigenvalue weighted by molar-refractivity contribution is 7.76. The molecule has 70 valence electrons. The zero-order chi connectivity index (χ0) is 10.6. The van der Waals surface area contributed by atoms with Gasteiger partial charge in [-0.25, -0.2) is 0 Å². The van der Waals surface area contributed by atoms with E-state index in [0.29, 0.717) is 11.1 Å². The first-order valence-corrected chi connectivity index (χ1v) is 4.16. The number of hydrogen-bond acceptors (Lipinski definition) is 4. The van der Waals surface area contributed by atoms with Crippen molar-refractivity contribution in [3.05, 3.63) is 35.4 Å². The monoisotopic (exact) mass is 207 g/mol. The van der Waals surface area contributed by atoms with Crippen molar-refractivity contribution in [2.24, 2.45) is 0 Å². The minimum atomic E-state index is -0.723. The second-order valence-corrected chi connectivity index (χ2v) is 2.82. The van der Waals surface area contributed by atoms with E-state index >= 15 is 0 Å². The van der Waals surface area contributed by atoms with Crippen LogP contribution in [0.25, 0.3) is 0 Å². The van der Waals surface area contributed by atoms with Gasteiger partial charge in [0.05, 0.1) is 24.3 Å². The van der Waals surface area contributed by atoms with Gasteiger partial charge in [0.25, 0.3) is 0 Å². The van der Waals surface area contributed by atoms with Crippen LogP contribution in [0.2, 0.25) is 0 Å². The summed E-state index contributed by atoms with van der Waals surface area (Å²) in [5.41, 5.74) is 0.932. The third-order valence-corrected chi connectivity index (χ3v) is 1.57. The molecule has 0 aliphatic heterocycles. The SMILES string of the molecule is N#Cc1ccc(C(=N)OC(=O)[SH2+])cc1. The highest BCUT2D eigenvalue weighted by atomic mass is 32.1. The number of carbonyl (C=O) groups is 1. The third kappa shape index (κ3) is 2.61. The molecular weight excluding hydrogens is 200 g/mol. The fraction of sp³-hybridized carbons (Fsp3) is 0. The van der Waals surface area contributed by atoms with Crippen LogP contribution in [0.5, 0.6) is 0 Å². The minimum absolute atomic E-state index is 0.255. The molecule has 1 N–H and O–H groups in total. The normalized spacial score (nSPS) is 8.86. The molecule has 5 heteroatoms. The molecule has 0 saturated carbocycles. The second-order valence-electron chi connectivity index (χ2n) is 2.41. The summed E-state index contributed by atoms with van der Waals surface area (Å²) in [4.78, 5) is 10.4. The molecule has 0 aliphatic rings. The molecule has 0 fully saturated rings. The van der Waals surface area contributed by atoms with Gasteiger partial charge in [0, 0.05) is 5.56 Å². The Kier molecular flexibility index (Phi) is 3.26. The molecule has 1 rings (SSSR count). The van der Waals surface area contributed by atoms with E-state index in [1.54, 1.807) is 12.1 Å². The van der Waals surface area contributed by atoms with E-state index in [-0.39, 0.29) is 5.90 Å². The van der Waals surface area contributed by atoms with Gasteiger partial charge in [0.1, 0.15) is 0 Å². The summed E-state index contributed by atoms with van der Waals surface area (Å²) in [7, 11) is 0. The minimum Gasteiger partial charge on any atom is -0.367 e. The Labute approximate surface area is 86.0 Å². The Bertz CT molecular complexity index is 406. The lowest BCUT2D eigenvalue weighted by molar-refractivity contribution is 0.224. The molecule has 0 unspecified atom stereocenters. The molecule has 0 saturated heterocycles. The average molecular weight is 207 g/mol. The Morgan fingerprint density at radius 3 is 2.43 bits per heavy atom. The Morgan fingerprint density at radius 2 is 2.00 bits per heavy atom. The van der Waals surface area contributed by atoms with Gasteiger partial charge in [-0.3, -0.25) is 5.41 Å². The van der Waals surface area contributed by atoms with Crippen LogP contribution in [0, 0.1) is 16.7 Å². The van der Waals surface area contributed by atoms with Crippen LogP contribution in [0.4, 0.5) is 4.79 Å². The molecule has 0 bridgehead atoms. The lowest BCUT2D eigenvalue weighted by Gasteiger charge is -1.99. The van der Waals surface area contributed by atoms with Gasteiger partial charge < -0.3 is 4.74 Å². The summed E-state index contributed by atoms with van der Waals surface area (Å²) in [5, 5.41) is 15.1. The van der Waals surface area contributed by atoms with Crippen molar-refractivity contribution in [1.29, 1.82) is 10.7 Å². The van der Waals surface area contributed by atoms with E-state index in [1.807, 2.05) is 6.07 Å². The molecule has 0 heterocycles. The Hall–Kier alpha value is -1.80. The third-order valence-electron chi connectivity index (χ3n) is 1.47.